The first-order valence-corrected chi connectivity index (χ1v) is 6.51. The van der Waals surface area contributed by atoms with Gasteiger partial charge in [-0.2, -0.15) is 5.10 Å². The molecule has 96 valence electrons. The van der Waals surface area contributed by atoms with E-state index >= 15 is 0 Å². The highest BCUT2D eigenvalue weighted by molar-refractivity contribution is 6.30. The highest BCUT2D eigenvalue weighted by Crippen LogP contribution is 2.34. The largest absolute Gasteiger partial charge is 0.487 e. The molecule has 0 aromatic carbocycles. The summed E-state index contributed by atoms with van der Waals surface area (Å²) in [5.74, 6) is 1.32. The summed E-state index contributed by atoms with van der Waals surface area (Å²) in [6.45, 7) is 0.865. The molecule has 2 heterocycles. The Morgan fingerprint density at radius 3 is 3.06 bits per heavy atom. The maximum absolute atomic E-state index is 6.10. The van der Waals surface area contributed by atoms with Gasteiger partial charge in [0.25, 0.3) is 0 Å². The fourth-order valence-corrected chi connectivity index (χ4v) is 2.15. The summed E-state index contributed by atoms with van der Waals surface area (Å²) in [5, 5.41) is 4.66. The van der Waals surface area contributed by atoms with Crippen molar-refractivity contribution in [2.24, 2.45) is 11.7 Å². The number of nitrogens with zero attached hydrogens (tertiary/aromatic N) is 3. The van der Waals surface area contributed by atoms with Crippen molar-refractivity contribution in [3.63, 3.8) is 0 Å². The number of fused-ring (bicyclic) bond motifs is 1. The Morgan fingerprint density at radius 1 is 1.50 bits per heavy atom. The van der Waals surface area contributed by atoms with E-state index in [1.54, 1.807) is 10.7 Å². The molecule has 0 radical (unpaired) electrons. The second-order valence-electron chi connectivity index (χ2n) is 4.62. The normalized spacial score (nSPS) is 15.2. The Labute approximate surface area is 110 Å². The van der Waals surface area contributed by atoms with E-state index in [0.29, 0.717) is 24.1 Å². The van der Waals surface area contributed by atoms with Gasteiger partial charge in [0.15, 0.2) is 16.5 Å². The predicted molar refractivity (Wildman–Crippen MR) is 69.0 cm³/mol. The molecule has 0 saturated heterocycles. The first-order chi connectivity index (χ1) is 8.78. The Morgan fingerprint density at radius 2 is 2.33 bits per heavy atom. The van der Waals surface area contributed by atoms with Gasteiger partial charge in [0.2, 0.25) is 0 Å². The zero-order valence-electron chi connectivity index (χ0n) is 9.97. The van der Waals surface area contributed by atoms with Crippen LogP contribution in [0.5, 0.6) is 5.75 Å². The number of ether oxygens (including phenoxy) is 1. The van der Waals surface area contributed by atoms with Crippen LogP contribution >= 0.6 is 11.6 Å². The van der Waals surface area contributed by atoms with Gasteiger partial charge in [-0.1, -0.05) is 11.6 Å². The zero-order valence-corrected chi connectivity index (χ0v) is 10.7. The molecule has 2 aromatic rings. The molecule has 0 amide bonds. The third kappa shape index (κ3) is 2.28. The van der Waals surface area contributed by atoms with E-state index < -0.39 is 0 Å². The molecule has 1 fully saturated rings. The highest BCUT2D eigenvalue weighted by atomic mass is 35.5. The van der Waals surface area contributed by atoms with Crippen molar-refractivity contribution >= 4 is 17.2 Å². The van der Waals surface area contributed by atoms with Gasteiger partial charge >= 0.3 is 0 Å². The first-order valence-electron chi connectivity index (χ1n) is 6.13. The predicted octanol–water partition coefficient (Wildman–Crippen LogP) is 1.67. The molecule has 0 aliphatic heterocycles. The molecule has 1 saturated carbocycles. The Hall–Kier alpha value is -1.33. The SMILES string of the molecule is NCCOc1cn2ncc(CC3CC3)c2nc1Cl. The van der Waals surface area contributed by atoms with E-state index in [4.69, 9.17) is 22.1 Å². The van der Waals surface area contributed by atoms with E-state index in [1.165, 1.54) is 12.8 Å². The minimum atomic E-state index is 0.369. The molecule has 5 nitrogen and oxygen atoms in total. The smallest absolute Gasteiger partial charge is 0.175 e. The third-order valence-electron chi connectivity index (χ3n) is 3.07. The molecule has 1 aliphatic carbocycles. The lowest BCUT2D eigenvalue weighted by Gasteiger charge is -2.06. The molecule has 0 bridgehead atoms. The lowest BCUT2D eigenvalue weighted by atomic mass is 10.2. The van der Waals surface area contributed by atoms with Gasteiger partial charge in [-0.3, -0.25) is 0 Å². The average Bonchev–Trinajstić information content (AvgIpc) is 3.10. The summed E-state index contributed by atoms with van der Waals surface area (Å²) >= 11 is 6.10. The van der Waals surface area contributed by atoms with Crippen LogP contribution in [0.4, 0.5) is 0 Å². The average molecular weight is 267 g/mol. The van der Waals surface area contributed by atoms with Crippen LogP contribution in [0.3, 0.4) is 0 Å². The van der Waals surface area contributed by atoms with Crippen LogP contribution in [0.2, 0.25) is 5.15 Å². The molecule has 0 spiro atoms. The fraction of sp³-hybridized carbons (Fsp3) is 0.500. The molecule has 2 aromatic heterocycles. The van der Waals surface area contributed by atoms with Gasteiger partial charge in [0.1, 0.15) is 6.61 Å². The molecule has 0 atom stereocenters. The highest BCUT2D eigenvalue weighted by Gasteiger charge is 2.23. The molecule has 3 rings (SSSR count). The zero-order chi connectivity index (χ0) is 12.5. The van der Waals surface area contributed by atoms with Crippen LogP contribution in [0, 0.1) is 5.92 Å². The molecule has 2 N–H and O–H groups in total. The number of hydrogen-bond acceptors (Lipinski definition) is 4. The van der Waals surface area contributed by atoms with Crippen molar-refractivity contribution in [1.82, 2.24) is 14.6 Å². The summed E-state index contributed by atoms with van der Waals surface area (Å²) < 4.78 is 7.13. The van der Waals surface area contributed by atoms with Crippen molar-refractivity contribution in [2.75, 3.05) is 13.2 Å². The van der Waals surface area contributed by atoms with Crippen LogP contribution in [0.15, 0.2) is 12.4 Å². The van der Waals surface area contributed by atoms with Crippen LogP contribution in [0.1, 0.15) is 18.4 Å². The second kappa shape index (κ2) is 4.74. The van der Waals surface area contributed by atoms with Crippen molar-refractivity contribution in [2.45, 2.75) is 19.3 Å². The fourth-order valence-electron chi connectivity index (χ4n) is 1.96. The monoisotopic (exact) mass is 266 g/mol. The van der Waals surface area contributed by atoms with E-state index in [9.17, 15) is 0 Å². The van der Waals surface area contributed by atoms with Crippen LogP contribution in [-0.2, 0) is 6.42 Å². The number of aromatic nitrogens is 3. The quantitative estimate of drug-likeness (QED) is 0.836. The van der Waals surface area contributed by atoms with E-state index in [-0.39, 0.29) is 0 Å². The molecule has 18 heavy (non-hydrogen) atoms. The van der Waals surface area contributed by atoms with E-state index in [1.807, 2.05) is 6.20 Å². The van der Waals surface area contributed by atoms with Crippen LogP contribution in [0.25, 0.3) is 5.65 Å². The molecule has 1 aliphatic rings. The van der Waals surface area contributed by atoms with Crippen LogP contribution in [-0.4, -0.2) is 27.7 Å². The first kappa shape index (κ1) is 11.7. The lowest BCUT2D eigenvalue weighted by Crippen LogP contribution is -2.11. The van der Waals surface area contributed by atoms with Crippen molar-refractivity contribution in [1.29, 1.82) is 0 Å². The summed E-state index contributed by atoms with van der Waals surface area (Å²) in [6.07, 6.45) is 7.28. The van der Waals surface area contributed by atoms with Gasteiger partial charge < -0.3 is 10.5 Å². The summed E-state index contributed by atoms with van der Waals surface area (Å²) in [6, 6.07) is 0. The topological polar surface area (TPSA) is 65.4 Å². The lowest BCUT2D eigenvalue weighted by molar-refractivity contribution is 0.325. The number of rotatable bonds is 5. The van der Waals surface area contributed by atoms with Gasteiger partial charge in [-0.05, 0) is 25.2 Å². The third-order valence-corrected chi connectivity index (χ3v) is 3.34. The maximum atomic E-state index is 6.10. The number of halogens is 1. The number of nitrogens with two attached hydrogens (primary N) is 1. The standard InChI is InChI=1S/C12H15ClN4O/c13-11-10(18-4-3-14)7-17-12(16-11)9(6-15-17)5-8-1-2-8/h6-8H,1-5,14H2. The molecule has 6 heteroatoms. The second-order valence-corrected chi connectivity index (χ2v) is 4.98. The van der Waals surface area contributed by atoms with Crippen molar-refractivity contribution in [3.8, 4) is 5.75 Å². The van der Waals surface area contributed by atoms with Crippen LogP contribution < -0.4 is 10.5 Å². The summed E-state index contributed by atoms with van der Waals surface area (Å²) in [7, 11) is 0. The number of hydrogen-bond donors (Lipinski definition) is 1. The van der Waals surface area contributed by atoms with Gasteiger partial charge in [0, 0.05) is 12.1 Å². The molecular weight excluding hydrogens is 252 g/mol. The van der Waals surface area contributed by atoms with Crippen molar-refractivity contribution in [3.05, 3.63) is 23.1 Å². The van der Waals surface area contributed by atoms with Gasteiger partial charge in [0.05, 0.1) is 12.4 Å². The maximum Gasteiger partial charge on any atom is 0.175 e. The summed E-state index contributed by atoms with van der Waals surface area (Å²) in [5.41, 5.74) is 7.38. The Bertz CT molecular complexity index is 564. The van der Waals surface area contributed by atoms with E-state index in [2.05, 4.69) is 10.1 Å². The van der Waals surface area contributed by atoms with Crippen molar-refractivity contribution < 1.29 is 4.74 Å². The van der Waals surface area contributed by atoms with Gasteiger partial charge in [-0.25, -0.2) is 9.50 Å². The Kier molecular flexibility index (Phi) is 3.09. The minimum Gasteiger partial charge on any atom is -0.487 e. The minimum absolute atomic E-state index is 0.369. The molecule has 0 unspecified atom stereocenters. The van der Waals surface area contributed by atoms with E-state index in [0.717, 1.165) is 23.5 Å². The summed E-state index contributed by atoms with van der Waals surface area (Å²) in [4.78, 5) is 4.37. The molecular formula is C12H15ClN4O. The Balaban J connectivity index is 1.92. The van der Waals surface area contributed by atoms with Gasteiger partial charge in [-0.15, -0.1) is 0 Å².